The molecule has 0 saturated carbocycles. The van der Waals surface area contributed by atoms with Gasteiger partial charge in [0.1, 0.15) is 5.69 Å². The van der Waals surface area contributed by atoms with E-state index in [9.17, 15) is 9.59 Å². The highest BCUT2D eigenvalue weighted by Gasteiger charge is 2.30. The lowest BCUT2D eigenvalue weighted by Gasteiger charge is -2.31. The second kappa shape index (κ2) is 7.72. The zero-order valence-electron chi connectivity index (χ0n) is 15.6. The Hall–Kier alpha value is -3.35. The van der Waals surface area contributed by atoms with Crippen LogP contribution >= 0.6 is 0 Å². The second-order valence-electron chi connectivity index (χ2n) is 7.09. The Morgan fingerprint density at radius 1 is 1.25 bits per heavy atom. The number of amides is 2. The number of rotatable bonds is 4. The highest BCUT2D eigenvalue weighted by Crippen LogP contribution is 2.22. The summed E-state index contributed by atoms with van der Waals surface area (Å²) in [6.07, 6.45) is 3.12. The Morgan fingerprint density at radius 3 is 2.82 bits per heavy atom. The predicted octanol–water partition coefficient (Wildman–Crippen LogP) is 3.47. The van der Waals surface area contributed by atoms with Crippen molar-refractivity contribution in [3.63, 3.8) is 0 Å². The Morgan fingerprint density at radius 2 is 2.07 bits per heavy atom. The monoisotopic (exact) mass is 378 g/mol. The third-order valence-electron chi connectivity index (χ3n) is 4.98. The van der Waals surface area contributed by atoms with Crippen LogP contribution in [0.3, 0.4) is 0 Å². The number of H-pyrrole nitrogens is 1. The van der Waals surface area contributed by atoms with Gasteiger partial charge in [-0.1, -0.05) is 17.7 Å². The van der Waals surface area contributed by atoms with Gasteiger partial charge in [0.25, 0.3) is 5.91 Å². The number of aromatic nitrogens is 2. The van der Waals surface area contributed by atoms with Gasteiger partial charge < -0.3 is 14.6 Å². The van der Waals surface area contributed by atoms with Crippen molar-refractivity contribution in [3.05, 3.63) is 60.0 Å². The summed E-state index contributed by atoms with van der Waals surface area (Å²) < 4.78 is 5.32. The molecule has 0 radical (unpaired) electrons. The summed E-state index contributed by atoms with van der Waals surface area (Å²) in [7, 11) is 0. The predicted molar refractivity (Wildman–Crippen MR) is 105 cm³/mol. The number of benzene rings is 1. The summed E-state index contributed by atoms with van der Waals surface area (Å²) >= 11 is 0. The van der Waals surface area contributed by atoms with Crippen LogP contribution in [0, 0.1) is 12.8 Å². The molecule has 1 unspecified atom stereocenters. The van der Waals surface area contributed by atoms with E-state index in [2.05, 4.69) is 15.5 Å². The summed E-state index contributed by atoms with van der Waals surface area (Å²) in [5, 5.41) is 9.89. The first-order valence-electron chi connectivity index (χ1n) is 9.36. The van der Waals surface area contributed by atoms with Crippen LogP contribution in [0.2, 0.25) is 0 Å². The van der Waals surface area contributed by atoms with Gasteiger partial charge in [-0.3, -0.25) is 14.7 Å². The van der Waals surface area contributed by atoms with E-state index in [1.54, 1.807) is 29.4 Å². The van der Waals surface area contributed by atoms with Crippen molar-refractivity contribution >= 4 is 17.5 Å². The molecule has 0 bridgehead atoms. The van der Waals surface area contributed by atoms with Crippen LogP contribution in [-0.4, -0.2) is 40.0 Å². The van der Waals surface area contributed by atoms with Gasteiger partial charge in [0.2, 0.25) is 5.91 Å². The van der Waals surface area contributed by atoms with Crippen LogP contribution in [0.25, 0.3) is 11.5 Å². The fourth-order valence-corrected chi connectivity index (χ4v) is 3.41. The van der Waals surface area contributed by atoms with Crippen LogP contribution in [0.5, 0.6) is 0 Å². The van der Waals surface area contributed by atoms with Gasteiger partial charge in [-0.15, -0.1) is 0 Å². The number of aryl methyl sites for hydroxylation is 1. The Bertz CT molecular complexity index is 960. The zero-order chi connectivity index (χ0) is 19.5. The quantitative estimate of drug-likeness (QED) is 0.727. The molecule has 0 aliphatic carbocycles. The van der Waals surface area contributed by atoms with Crippen molar-refractivity contribution < 1.29 is 14.0 Å². The number of nitrogens with one attached hydrogen (secondary N) is 2. The SMILES string of the molecule is Cc1ccc(NC(=O)C2CCCN(C(=O)c3cc(-c4ccco4)[nH]n3)C2)cc1. The van der Waals surface area contributed by atoms with Crippen molar-refractivity contribution in [2.75, 3.05) is 18.4 Å². The van der Waals surface area contributed by atoms with Crippen molar-refractivity contribution in [1.82, 2.24) is 15.1 Å². The fourth-order valence-electron chi connectivity index (χ4n) is 3.41. The standard InChI is InChI=1S/C21H22N4O3/c1-14-6-8-16(9-7-14)22-20(26)15-4-2-10-25(13-15)21(27)18-12-17(23-24-18)19-5-3-11-28-19/h3,5-9,11-12,15H,2,4,10,13H2,1H3,(H,22,26)(H,23,24). The van der Waals surface area contributed by atoms with Crippen LogP contribution < -0.4 is 5.32 Å². The molecule has 7 heteroatoms. The van der Waals surface area contributed by atoms with Crippen LogP contribution in [-0.2, 0) is 4.79 Å². The first-order chi connectivity index (χ1) is 13.6. The molecule has 7 nitrogen and oxygen atoms in total. The molecule has 0 spiro atoms. The lowest BCUT2D eigenvalue weighted by molar-refractivity contribution is -0.121. The molecule has 2 N–H and O–H groups in total. The van der Waals surface area contributed by atoms with E-state index < -0.39 is 0 Å². The van der Waals surface area contributed by atoms with Crippen molar-refractivity contribution in [2.24, 2.45) is 5.92 Å². The minimum atomic E-state index is -0.234. The largest absolute Gasteiger partial charge is 0.463 e. The average molecular weight is 378 g/mol. The van der Waals surface area contributed by atoms with Crippen LogP contribution in [0.4, 0.5) is 5.69 Å². The number of anilines is 1. The van der Waals surface area contributed by atoms with Crippen LogP contribution in [0.1, 0.15) is 28.9 Å². The topological polar surface area (TPSA) is 91.2 Å². The van der Waals surface area contributed by atoms with Gasteiger partial charge in [-0.25, -0.2) is 0 Å². The maximum atomic E-state index is 12.8. The summed E-state index contributed by atoms with van der Waals surface area (Å²) in [4.78, 5) is 27.2. The maximum absolute atomic E-state index is 12.8. The van der Waals surface area contributed by atoms with Gasteiger partial charge in [-0.05, 0) is 44.0 Å². The molecule has 4 rings (SSSR count). The molecule has 1 atom stereocenters. The highest BCUT2D eigenvalue weighted by atomic mass is 16.3. The number of carbonyl (C=O) groups excluding carboxylic acids is 2. The van der Waals surface area contributed by atoms with E-state index in [-0.39, 0.29) is 17.7 Å². The van der Waals surface area contributed by atoms with Crippen molar-refractivity contribution in [1.29, 1.82) is 0 Å². The van der Waals surface area contributed by atoms with E-state index in [1.807, 2.05) is 31.2 Å². The molecule has 1 saturated heterocycles. The number of hydrogen-bond acceptors (Lipinski definition) is 4. The number of nitrogens with zero attached hydrogens (tertiary/aromatic N) is 2. The molecule has 3 aromatic rings. The van der Waals surface area contributed by atoms with Gasteiger partial charge in [0, 0.05) is 24.8 Å². The molecule has 1 fully saturated rings. The molecule has 1 aliphatic rings. The molecule has 144 valence electrons. The number of likely N-dealkylation sites (tertiary alicyclic amines) is 1. The first kappa shape index (κ1) is 18.0. The molecule has 3 heterocycles. The summed E-state index contributed by atoms with van der Waals surface area (Å²) in [5.41, 5.74) is 2.89. The number of furan rings is 1. The maximum Gasteiger partial charge on any atom is 0.274 e. The van der Waals surface area contributed by atoms with E-state index in [0.717, 1.165) is 24.1 Å². The molecule has 2 aromatic heterocycles. The number of carbonyl (C=O) groups is 2. The normalized spacial score (nSPS) is 16.8. The summed E-state index contributed by atoms with van der Waals surface area (Å²) in [6.45, 7) is 3.01. The van der Waals surface area contributed by atoms with Crippen molar-refractivity contribution in [3.8, 4) is 11.5 Å². The molecular formula is C21H22N4O3. The molecule has 1 aromatic carbocycles. The summed E-state index contributed by atoms with van der Waals surface area (Å²) in [6, 6.07) is 12.9. The smallest absolute Gasteiger partial charge is 0.274 e. The molecule has 28 heavy (non-hydrogen) atoms. The van der Waals surface area contributed by atoms with Gasteiger partial charge in [0.05, 0.1) is 12.2 Å². The van der Waals surface area contributed by atoms with Gasteiger partial charge >= 0.3 is 0 Å². The number of piperidine rings is 1. The number of hydrogen-bond donors (Lipinski definition) is 2. The highest BCUT2D eigenvalue weighted by molar-refractivity contribution is 5.95. The molecule has 1 aliphatic heterocycles. The zero-order valence-corrected chi connectivity index (χ0v) is 15.6. The first-order valence-corrected chi connectivity index (χ1v) is 9.36. The average Bonchev–Trinajstić information content (AvgIpc) is 3.41. The minimum absolute atomic E-state index is 0.0559. The van der Waals surface area contributed by atoms with E-state index >= 15 is 0 Å². The Balaban J connectivity index is 1.41. The van der Waals surface area contributed by atoms with Gasteiger partial charge in [0.15, 0.2) is 11.5 Å². The van der Waals surface area contributed by atoms with E-state index in [4.69, 9.17) is 4.42 Å². The lowest BCUT2D eigenvalue weighted by atomic mass is 9.96. The second-order valence-corrected chi connectivity index (χ2v) is 7.09. The van der Waals surface area contributed by atoms with Gasteiger partial charge in [-0.2, -0.15) is 5.10 Å². The van der Waals surface area contributed by atoms with Crippen LogP contribution in [0.15, 0.2) is 53.1 Å². The van der Waals surface area contributed by atoms with Crippen molar-refractivity contribution in [2.45, 2.75) is 19.8 Å². The van der Waals surface area contributed by atoms with E-state index in [0.29, 0.717) is 30.2 Å². The summed E-state index contributed by atoms with van der Waals surface area (Å²) in [5.74, 6) is 0.157. The minimum Gasteiger partial charge on any atom is -0.463 e. The molecule has 2 amide bonds. The third-order valence-corrected chi connectivity index (χ3v) is 4.98. The Kier molecular flexibility index (Phi) is 4.97. The Labute approximate surface area is 162 Å². The number of aromatic amines is 1. The van der Waals surface area contributed by atoms with E-state index in [1.165, 1.54) is 0 Å². The molecular weight excluding hydrogens is 356 g/mol. The third kappa shape index (κ3) is 3.83. The lowest BCUT2D eigenvalue weighted by Crippen LogP contribution is -2.43. The fraction of sp³-hybridized carbons (Fsp3) is 0.286.